The molecule has 0 aliphatic rings. The number of fused-ring (bicyclic) bond motifs is 4. The lowest BCUT2D eigenvalue weighted by Gasteiger charge is -2.27. The van der Waals surface area contributed by atoms with Crippen molar-refractivity contribution in [1.29, 1.82) is 0 Å². The maximum atomic E-state index is 6.34. The molecule has 0 aliphatic carbocycles. The van der Waals surface area contributed by atoms with Crippen molar-refractivity contribution in [2.45, 2.75) is 0 Å². The second-order valence-corrected chi connectivity index (χ2v) is 14.8. The van der Waals surface area contributed by atoms with E-state index in [-0.39, 0.29) is 0 Å². The zero-order chi connectivity index (χ0) is 39.1. The molecule has 9 aromatic carbocycles. The number of hydrogen-bond donors (Lipinski definition) is 0. The van der Waals surface area contributed by atoms with Crippen LogP contribution in [0.25, 0.3) is 89.0 Å². The number of nitrogens with zero attached hydrogens (tertiary/aromatic N) is 2. The van der Waals surface area contributed by atoms with E-state index in [4.69, 9.17) is 13.8 Å². The van der Waals surface area contributed by atoms with E-state index in [1.54, 1.807) is 0 Å². The molecule has 0 saturated carbocycles. The Balaban J connectivity index is 0.994. The van der Waals surface area contributed by atoms with E-state index in [9.17, 15) is 0 Å². The minimum Gasteiger partial charge on any atom is -0.456 e. The summed E-state index contributed by atoms with van der Waals surface area (Å²) in [6, 6.07) is 76.8. The Bertz CT molecular complexity index is 3230. The lowest BCUT2D eigenvalue weighted by molar-refractivity contribution is 0.617. The van der Waals surface area contributed by atoms with Crippen LogP contribution >= 0.6 is 0 Å². The Morgan fingerprint density at radius 1 is 0.305 bits per heavy atom. The quantitative estimate of drug-likeness (QED) is 0.155. The Morgan fingerprint density at radius 3 is 1.42 bits per heavy atom. The molecular formula is C55H36N2O2. The van der Waals surface area contributed by atoms with Crippen molar-refractivity contribution >= 4 is 50.1 Å². The molecule has 0 radical (unpaired) electrons. The van der Waals surface area contributed by atoms with Crippen LogP contribution in [0.2, 0.25) is 0 Å². The van der Waals surface area contributed by atoms with Gasteiger partial charge in [-0.05, 0) is 111 Å². The van der Waals surface area contributed by atoms with Gasteiger partial charge in [-0.25, -0.2) is 4.98 Å². The summed E-state index contributed by atoms with van der Waals surface area (Å²) in [5.41, 5.74) is 16.6. The molecule has 0 amide bonds. The van der Waals surface area contributed by atoms with E-state index in [0.29, 0.717) is 11.5 Å². The van der Waals surface area contributed by atoms with Crippen LogP contribution in [-0.2, 0) is 0 Å². The molecule has 0 fully saturated rings. The predicted octanol–water partition coefficient (Wildman–Crippen LogP) is 15.5. The molecule has 59 heavy (non-hydrogen) atoms. The second kappa shape index (κ2) is 14.5. The third-order valence-electron chi connectivity index (χ3n) is 11.1. The molecule has 0 atom stereocenters. The van der Waals surface area contributed by atoms with Gasteiger partial charge in [0, 0.05) is 39.5 Å². The number of aromatic nitrogens is 1. The SMILES string of the molecule is c1ccc(-c2ccc(N(c3ccc(-c4ccc5oc6cc7oc(-c8ccccc8)nc7cc6c5c4)cc3)c3ccc(-c4ccccc4)c(-c4ccccc4)c3)cc2)cc1. The van der Waals surface area contributed by atoms with Gasteiger partial charge < -0.3 is 13.7 Å². The second-order valence-electron chi connectivity index (χ2n) is 14.8. The number of anilines is 3. The first-order valence-electron chi connectivity index (χ1n) is 19.9. The Labute approximate surface area is 341 Å². The van der Waals surface area contributed by atoms with Crippen molar-refractivity contribution in [3.63, 3.8) is 0 Å². The first-order chi connectivity index (χ1) is 29.2. The van der Waals surface area contributed by atoms with Gasteiger partial charge in [0.2, 0.25) is 5.89 Å². The minimum atomic E-state index is 0.600. The highest BCUT2D eigenvalue weighted by molar-refractivity contribution is 6.10. The van der Waals surface area contributed by atoms with Crippen LogP contribution in [0, 0.1) is 0 Å². The van der Waals surface area contributed by atoms with Gasteiger partial charge >= 0.3 is 0 Å². The lowest BCUT2D eigenvalue weighted by atomic mass is 9.93. The fraction of sp³-hybridized carbons (Fsp3) is 0. The maximum absolute atomic E-state index is 6.34. The van der Waals surface area contributed by atoms with Gasteiger partial charge in [0.15, 0.2) is 5.58 Å². The summed E-state index contributed by atoms with van der Waals surface area (Å²) in [4.78, 5) is 7.17. The third kappa shape index (κ3) is 6.43. The van der Waals surface area contributed by atoms with E-state index in [0.717, 1.165) is 61.2 Å². The van der Waals surface area contributed by atoms with Crippen molar-refractivity contribution in [2.75, 3.05) is 4.90 Å². The van der Waals surface area contributed by atoms with Crippen LogP contribution in [0.5, 0.6) is 0 Å². The molecule has 0 saturated heterocycles. The monoisotopic (exact) mass is 756 g/mol. The first-order valence-corrected chi connectivity index (χ1v) is 19.9. The van der Waals surface area contributed by atoms with Crippen molar-refractivity contribution in [2.24, 2.45) is 0 Å². The number of rotatable bonds is 8. The fourth-order valence-corrected chi connectivity index (χ4v) is 8.16. The topological polar surface area (TPSA) is 42.4 Å². The van der Waals surface area contributed by atoms with Gasteiger partial charge in [-0.1, -0.05) is 146 Å². The van der Waals surface area contributed by atoms with Crippen molar-refractivity contribution in [3.05, 3.63) is 218 Å². The molecule has 0 spiro atoms. The van der Waals surface area contributed by atoms with Gasteiger partial charge in [0.25, 0.3) is 0 Å². The van der Waals surface area contributed by atoms with Gasteiger partial charge in [-0.2, -0.15) is 0 Å². The summed E-state index contributed by atoms with van der Waals surface area (Å²) in [5.74, 6) is 0.600. The van der Waals surface area contributed by atoms with Crippen LogP contribution in [0.15, 0.2) is 227 Å². The standard InChI is InChI=1S/C55H36N2O2/c1-5-13-37(14-6-1)38-21-26-44(27-22-38)57(46-30-31-47(40-15-7-2-8-16-40)48(34-46)41-17-9-3-10-18-41)45-28-23-39(24-29-45)43-25-32-52-49(33-43)50-35-51-54(36-53(50)58-52)59-55(56-51)42-19-11-4-12-20-42/h1-36H. The fourth-order valence-electron chi connectivity index (χ4n) is 8.16. The van der Waals surface area contributed by atoms with Crippen LogP contribution in [0.1, 0.15) is 0 Å². The van der Waals surface area contributed by atoms with E-state index in [1.807, 2.05) is 36.4 Å². The average Bonchev–Trinajstić information content (AvgIpc) is 3.90. The molecular weight excluding hydrogens is 721 g/mol. The number of benzene rings is 9. The van der Waals surface area contributed by atoms with Crippen LogP contribution in [-0.4, -0.2) is 4.98 Å². The highest BCUT2D eigenvalue weighted by Gasteiger charge is 2.18. The van der Waals surface area contributed by atoms with E-state index < -0.39 is 0 Å². The normalized spacial score (nSPS) is 11.4. The molecule has 0 aliphatic heterocycles. The van der Waals surface area contributed by atoms with Gasteiger partial charge in [0.1, 0.15) is 16.7 Å². The molecule has 2 aromatic heterocycles. The van der Waals surface area contributed by atoms with E-state index >= 15 is 0 Å². The van der Waals surface area contributed by atoms with Crippen molar-refractivity contribution in [1.82, 2.24) is 4.98 Å². The highest BCUT2D eigenvalue weighted by atomic mass is 16.4. The van der Waals surface area contributed by atoms with Gasteiger partial charge in [-0.15, -0.1) is 0 Å². The first kappa shape index (κ1) is 34.3. The summed E-state index contributed by atoms with van der Waals surface area (Å²) in [7, 11) is 0. The zero-order valence-corrected chi connectivity index (χ0v) is 32.0. The van der Waals surface area contributed by atoms with Crippen LogP contribution < -0.4 is 4.90 Å². The minimum absolute atomic E-state index is 0.600. The van der Waals surface area contributed by atoms with E-state index in [2.05, 4.69) is 187 Å². The molecule has 11 rings (SSSR count). The van der Waals surface area contributed by atoms with Gasteiger partial charge in [0.05, 0.1) is 0 Å². The Hall–Kier alpha value is -7.95. The molecule has 11 aromatic rings. The average molecular weight is 757 g/mol. The lowest BCUT2D eigenvalue weighted by Crippen LogP contribution is -2.10. The summed E-state index contributed by atoms with van der Waals surface area (Å²) in [5, 5.41) is 2.05. The molecule has 0 unspecified atom stereocenters. The zero-order valence-electron chi connectivity index (χ0n) is 32.0. The van der Waals surface area contributed by atoms with Crippen molar-refractivity contribution < 1.29 is 8.83 Å². The maximum Gasteiger partial charge on any atom is 0.227 e. The molecule has 0 bridgehead atoms. The molecule has 278 valence electrons. The number of oxazole rings is 1. The number of furan rings is 1. The van der Waals surface area contributed by atoms with Crippen LogP contribution in [0.3, 0.4) is 0 Å². The molecule has 0 N–H and O–H groups in total. The molecule has 4 heteroatoms. The smallest absolute Gasteiger partial charge is 0.227 e. The van der Waals surface area contributed by atoms with E-state index in [1.165, 1.54) is 33.4 Å². The number of hydrogen-bond acceptors (Lipinski definition) is 4. The van der Waals surface area contributed by atoms with Gasteiger partial charge in [-0.3, -0.25) is 0 Å². The summed E-state index contributed by atoms with van der Waals surface area (Å²) in [6.07, 6.45) is 0. The largest absolute Gasteiger partial charge is 0.456 e. The molecule has 4 nitrogen and oxygen atoms in total. The van der Waals surface area contributed by atoms with Crippen LogP contribution in [0.4, 0.5) is 17.1 Å². The molecule has 2 heterocycles. The van der Waals surface area contributed by atoms with Crippen molar-refractivity contribution in [3.8, 4) is 56.0 Å². The Morgan fingerprint density at radius 2 is 0.797 bits per heavy atom. The Kier molecular flexibility index (Phi) is 8.45. The summed E-state index contributed by atoms with van der Waals surface area (Å²) < 4.78 is 12.5. The predicted molar refractivity (Wildman–Crippen MR) is 243 cm³/mol. The summed E-state index contributed by atoms with van der Waals surface area (Å²) >= 11 is 0. The summed E-state index contributed by atoms with van der Waals surface area (Å²) in [6.45, 7) is 0. The highest BCUT2D eigenvalue weighted by Crippen LogP contribution is 2.42. The third-order valence-corrected chi connectivity index (χ3v) is 11.1.